The van der Waals surface area contributed by atoms with Gasteiger partial charge in [0.2, 0.25) is 12.2 Å². The largest absolute Gasteiger partial charge is 0.492 e. The molecule has 1 saturated heterocycles. The second-order valence-electron chi connectivity index (χ2n) is 8.79. The number of carbonyl (C=O) groups excluding carboxylic acids is 2. The number of hydrogen-bond donors (Lipinski definition) is 3. The van der Waals surface area contributed by atoms with Crippen molar-refractivity contribution in [2.24, 2.45) is 0 Å². The summed E-state index contributed by atoms with van der Waals surface area (Å²) in [4.78, 5) is 41.0. The van der Waals surface area contributed by atoms with E-state index in [9.17, 15) is 24.6 Å². The fourth-order valence-corrected chi connectivity index (χ4v) is 3.73. The van der Waals surface area contributed by atoms with E-state index in [1.807, 2.05) is 44.2 Å². The molecule has 0 bridgehead atoms. The highest BCUT2D eigenvalue weighted by atomic mass is 16.7. The number of carbonyl (C=O) groups is 2. The fraction of sp³-hybridized carbons (Fsp3) is 0.522. The number of rotatable bonds is 7. The Morgan fingerprint density at radius 1 is 1.30 bits per heavy atom. The summed E-state index contributed by atoms with van der Waals surface area (Å²) in [7, 11) is 0. The molecule has 3 N–H and O–H groups in total. The van der Waals surface area contributed by atoms with Gasteiger partial charge in [-0.05, 0) is 37.2 Å². The van der Waals surface area contributed by atoms with Crippen molar-refractivity contribution < 1.29 is 29.3 Å². The quantitative estimate of drug-likeness (QED) is 0.577. The molecular weight excluding hydrogens is 430 g/mol. The molecule has 10 nitrogen and oxygen atoms in total. The topological polar surface area (TPSA) is 134 Å². The number of hydrogen-bond acceptors (Lipinski definition) is 7. The predicted octanol–water partition coefficient (Wildman–Crippen LogP) is 2.82. The minimum Gasteiger partial charge on any atom is -0.492 e. The van der Waals surface area contributed by atoms with E-state index in [0.717, 1.165) is 18.4 Å². The summed E-state index contributed by atoms with van der Waals surface area (Å²) in [6.07, 6.45) is -0.882. The molecule has 0 unspecified atom stereocenters. The van der Waals surface area contributed by atoms with Crippen LogP contribution < -0.4 is 10.7 Å². The number of aromatic nitrogens is 2. The number of amides is 2. The highest BCUT2D eigenvalue weighted by Gasteiger charge is 2.34. The first-order valence-corrected chi connectivity index (χ1v) is 11.0. The molecule has 1 aromatic carbocycles. The number of ether oxygens (including phenoxy) is 2. The maximum atomic E-state index is 13.2. The van der Waals surface area contributed by atoms with Crippen LogP contribution in [-0.4, -0.2) is 44.8 Å². The molecule has 1 aliphatic rings. The third kappa shape index (κ3) is 5.63. The summed E-state index contributed by atoms with van der Waals surface area (Å²) >= 11 is 0. The molecule has 0 radical (unpaired) electrons. The van der Waals surface area contributed by atoms with Crippen LogP contribution in [0.4, 0.5) is 4.79 Å². The zero-order chi connectivity index (χ0) is 24.2. The average molecular weight is 462 g/mol. The van der Waals surface area contributed by atoms with E-state index in [1.54, 1.807) is 0 Å². The molecule has 10 heteroatoms. The molecule has 1 fully saturated rings. The molecule has 1 aromatic heterocycles. The average Bonchev–Trinajstić information content (AvgIpc) is 3.08. The van der Waals surface area contributed by atoms with Gasteiger partial charge < -0.3 is 24.7 Å². The van der Waals surface area contributed by atoms with Gasteiger partial charge in [0.15, 0.2) is 0 Å². The summed E-state index contributed by atoms with van der Waals surface area (Å²) in [6.45, 7) is 5.69. The summed E-state index contributed by atoms with van der Waals surface area (Å²) in [5, 5.41) is 20.8. The molecule has 33 heavy (non-hydrogen) atoms. The highest BCUT2D eigenvalue weighted by Crippen LogP contribution is 2.29. The molecule has 2 atom stereocenters. The molecule has 3 rings (SSSR count). The van der Waals surface area contributed by atoms with Crippen LogP contribution in [0.15, 0.2) is 35.1 Å². The van der Waals surface area contributed by atoms with Crippen LogP contribution in [0.1, 0.15) is 70.2 Å². The van der Waals surface area contributed by atoms with Crippen molar-refractivity contribution in [1.82, 2.24) is 9.66 Å². The van der Waals surface area contributed by atoms with Crippen LogP contribution in [0.25, 0.3) is 0 Å². The maximum absolute atomic E-state index is 13.2. The van der Waals surface area contributed by atoms with Crippen molar-refractivity contribution in [3.05, 3.63) is 52.1 Å². The van der Waals surface area contributed by atoms with Crippen molar-refractivity contribution in [3.63, 3.8) is 0 Å². The molecule has 0 saturated carbocycles. The van der Waals surface area contributed by atoms with E-state index < -0.39 is 41.4 Å². The van der Waals surface area contributed by atoms with Gasteiger partial charge in [0.25, 0.3) is 5.91 Å². The maximum Gasteiger partial charge on any atom is 0.439 e. The van der Waals surface area contributed by atoms with E-state index in [0.29, 0.717) is 29.1 Å². The van der Waals surface area contributed by atoms with Crippen molar-refractivity contribution in [1.29, 1.82) is 0 Å². The van der Waals surface area contributed by atoms with E-state index >= 15 is 0 Å². The van der Waals surface area contributed by atoms with Crippen LogP contribution in [0.2, 0.25) is 0 Å². The number of nitrogens with zero attached hydrogens (tertiary/aromatic N) is 2. The Balaban J connectivity index is 1.87. The summed E-state index contributed by atoms with van der Waals surface area (Å²) in [5.74, 6) is -1.49. The number of benzene rings is 1. The highest BCUT2D eigenvalue weighted by molar-refractivity contribution is 6.05. The first kappa shape index (κ1) is 24.5. The van der Waals surface area contributed by atoms with Crippen LogP contribution in [0, 0.1) is 0 Å². The third-order valence-electron chi connectivity index (χ3n) is 5.79. The molecular formula is C23H31N3O7. The van der Waals surface area contributed by atoms with Gasteiger partial charge in [0, 0.05) is 12.8 Å². The number of nitrogens with one attached hydrogen (secondary N) is 1. The Morgan fingerprint density at radius 3 is 2.58 bits per heavy atom. The van der Waals surface area contributed by atoms with E-state index in [2.05, 4.69) is 4.98 Å². The lowest BCUT2D eigenvalue weighted by Gasteiger charge is -2.28. The second kappa shape index (κ2) is 10.2. The van der Waals surface area contributed by atoms with Gasteiger partial charge in [0.1, 0.15) is 5.69 Å². The third-order valence-corrected chi connectivity index (χ3v) is 5.79. The Hall–Kier alpha value is -3.11. The number of H-pyrrole nitrogens is 1. The Morgan fingerprint density at radius 2 is 2.00 bits per heavy atom. The molecule has 1 aliphatic heterocycles. The molecule has 180 valence electrons. The smallest absolute Gasteiger partial charge is 0.439 e. The number of aromatic amines is 1. The number of aromatic hydroxyl groups is 1. The van der Waals surface area contributed by atoms with Gasteiger partial charge in [-0.25, -0.2) is 9.59 Å². The van der Waals surface area contributed by atoms with E-state index in [1.165, 1.54) is 6.92 Å². The number of imidazole rings is 1. The van der Waals surface area contributed by atoms with Gasteiger partial charge >= 0.3 is 11.8 Å². The monoisotopic (exact) mass is 461 g/mol. The second-order valence-corrected chi connectivity index (χ2v) is 8.79. The zero-order valence-corrected chi connectivity index (χ0v) is 19.1. The van der Waals surface area contributed by atoms with Crippen LogP contribution >= 0.6 is 0 Å². The van der Waals surface area contributed by atoms with Crippen LogP contribution in [-0.2, 0) is 19.7 Å². The van der Waals surface area contributed by atoms with Gasteiger partial charge in [-0.1, -0.05) is 44.2 Å². The van der Waals surface area contributed by atoms with Gasteiger partial charge in [-0.15, -0.1) is 5.01 Å². The molecule has 0 aliphatic carbocycles. The summed E-state index contributed by atoms with van der Waals surface area (Å²) in [5.41, 5.74) is -0.556. The van der Waals surface area contributed by atoms with Crippen molar-refractivity contribution in [2.45, 2.75) is 70.7 Å². The molecule has 2 heterocycles. The summed E-state index contributed by atoms with van der Waals surface area (Å²) < 4.78 is 11.2. The number of imide groups is 1. The predicted molar refractivity (Wildman–Crippen MR) is 119 cm³/mol. The van der Waals surface area contributed by atoms with Crippen molar-refractivity contribution in [2.75, 3.05) is 11.6 Å². The molecule has 2 amide bonds. The summed E-state index contributed by atoms with van der Waals surface area (Å²) in [6, 6.07) is 9.61. The Bertz CT molecular complexity index is 1020. The van der Waals surface area contributed by atoms with E-state index in [4.69, 9.17) is 9.47 Å². The fourth-order valence-electron chi connectivity index (χ4n) is 3.73. The van der Waals surface area contributed by atoms with Crippen molar-refractivity contribution >= 4 is 12.0 Å². The number of aliphatic hydroxyl groups is 1. The normalized spacial score (nSPS) is 17.4. The lowest BCUT2D eigenvalue weighted by molar-refractivity contribution is -0.131. The Kier molecular flexibility index (Phi) is 7.60. The van der Waals surface area contributed by atoms with Gasteiger partial charge in [0.05, 0.1) is 12.7 Å². The lowest BCUT2D eigenvalue weighted by Crippen LogP contribution is -2.51. The zero-order valence-electron chi connectivity index (χ0n) is 19.1. The number of aliphatic hydroxyl groups excluding tert-OH is 1. The van der Waals surface area contributed by atoms with Gasteiger partial charge in [-0.3, -0.25) is 4.79 Å². The minimum atomic E-state index is -1.23. The Labute approximate surface area is 191 Å². The molecule has 0 spiro atoms. The van der Waals surface area contributed by atoms with Crippen LogP contribution in [0.3, 0.4) is 0 Å². The molecule has 2 aromatic rings. The van der Waals surface area contributed by atoms with Gasteiger partial charge in [-0.2, -0.15) is 4.68 Å². The first-order valence-electron chi connectivity index (χ1n) is 11.0. The van der Waals surface area contributed by atoms with Crippen LogP contribution in [0.5, 0.6) is 5.88 Å². The van der Waals surface area contributed by atoms with E-state index in [-0.39, 0.29) is 12.1 Å². The lowest BCUT2D eigenvalue weighted by atomic mass is 9.80. The van der Waals surface area contributed by atoms with Crippen molar-refractivity contribution in [3.8, 4) is 5.88 Å². The standard InChI is InChI=1S/C23H31N3O7/c1-15(27)19-20(29)26(21(30)24-19)25(22(31)33-18-11-7-8-14-32-18)17(28)12-13-23(2,3)16-9-5-4-6-10-16/h4-6,9-10,15,18,27,29H,7-8,11-14H2,1-3H3,(H,24,30)/t15-,18-/m1/s1. The first-order chi connectivity index (χ1) is 15.6. The SMILES string of the molecule is C[C@@H](O)c1[nH]c(=O)n(N(C(=O)CCC(C)(C)c2ccccc2)C(=O)O[C@@H]2CCCCO2)c1O. The minimum absolute atomic E-state index is 0.108.